The van der Waals surface area contributed by atoms with Crippen molar-refractivity contribution in [1.29, 1.82) is 0 Å². The lowest BCUT2D eigenvalue weighted by molar-refractivity contribution is -0.208. The highest BCUT2D eigenvalue weighted by Gasteiger charge is 2.38. The molecule has 0 radical (unpaired) electrons. The standard InChI is InChI=1S/C25H48O5/c1-2-3-4-5-6-7-8-9-10-11-12-13-14-15-16-17-18-19-29-23-21-30-22(20-26)24(27)25(23)28/h2,22-28H,1,3-21H2/t22-,23+,24-,25-/m1/s1. The van der Waals surface area contributed by atoms with Gasteiger partial charge in [0.15, 0.2) is 0 Å². The SMILES string of the molecule is C=CCCCCCCCCCCCCCCCCCO[C@H]1CO[C@H](CO)[C@@H](O)[C@@H]1O. The molecule has 0 aromatic heterocycles. The fraction of sp³-hybridized carbons (Fsp3) is 0.920. The van der Waals surface area contributed by atoms with Gasteiger partial charge in [-0.3, -0.25) is 0 Å². The Bertz CT molecular complexity index is 390. The first-order valence-corrected chi connectivity index (χ1v) is 12.5. The second-order valence-corrected chi connectivity index (χ2v) is 8.83. The zero-order valence-corrected chi connectivity index (χ0v) is 19.2. The van der Waals surface area contributed by atoms with Crippen molar-refractivity contribution in [3.05, 3.63) is 12.7 Å². The summed E-state index contributed by atoms with van der Waals surface area (Å²) in [4.78, 5) is 0. The molecule has 5 nitrogen and oxygen atoms in total. The Labute approximate surface area is 184 Å². The second-order valence-electron chi connectivity index (χ2n) is 8.83. The van der Waals surface area contributed by atoms with Gasteiger partial charge in [0.1, 0.15) is 24.4 Å². The van der Waals surface area contributed by atoms with Crippen molar-refractivity contribution >= 4 is 0 Å². The second kappa shape index (κ2) is 19.2. The maximum atomic E-state index is 10.0. The number of rotatable bonds is 20. The topological polar surface area (TPSA) is 79.2 Å². The number of allylic oxidation sites excluding steroid dienone is 1. The third kappa shape index (κ3) is 13.1. The summed E-state index contributed by atoms with van der Waals surface area (Å²) in [6, 6.07) is 0. The highest BCUT2D eigenvalue weighted by Crippen LogP contribution is 2.18. The summed E-state index contributed by atoms with van der Waals surface area (Å²) < 4.78 is 11.0. The van der Waals surface area contributed by atoms with E-state index < -0.39 is 24.4 Å². The van der Waals surface area contributed by atoms with Crippen molar-refractivity contribution < 1.29 is 24.8 Å². The molecular weight excluding hydrogens is 380 g/mol. The fourth-order valence-electron chi connectivity index (χ4n) is 4.09. The first-order chi connectivity index (χ1) is 14.7. The Morgan fingerprint density at radius 2 is 1.20 bits per heavy atom. The van der Waals surface area contributed by atoms with Gasteiger partial charge in [-0.15, -0.1) is 6.58 Å². The van der Waals surface area contributed by atoms with Crippen LogP contribution in [0.5, 0.6) is 0 Å². The number of unbranched alkanes of at least 4 members (excludes halogenated alkanes) is 15. The zero-order valence-electron chi connectivity index (χ0n) is 19.2. The van der Waals surface area contributed by atoms with E-state index in [9.17, 15) is 10.2 Å². The predicted octanol–water partition coefficient (Wildman–Crippen LogP) is 4.91. The average molecular weight is 429 g/mol. The molecule has 1 rings (SSSR count). The van der Waals surface area contributed by atoms with Crippen LogP contribution in [0.25, 0.3) is 0 Å². The zero-order chi connectivity index (χ0) is 21.9. The van der Waals surface area contributed by atoms with E-state index in [0.717, 1.165) is 12.8 Å². The molecule has 0 spiro atoms. The number of hydrogen-bond acceptors (Lipinski definition) is 5. The molecule has 0 aromatic rings. The maximum Gasteiger partial charge on any atom is 0.111 e. The predicted molar refractivity (Wildman–Crippen MR) is 123 cm³/mol. The molecule has 0 unspecified atom stereocenters. The molecule has 5 heteroatoms. The van der Waals surface area contributed by atoms with Crippen LogP contribution in [-0.2, 0) is 9.47 Å². The molecule has 0 aliphatic carbocycles. The lowest BCUT2D eigenvalue weighted by atomic mass is 10.0. The molecule has 178 valence electrons. The van der Waals surface area contributed by atoms with E-state index in [1.165, 1.54) is 89.9 Å². The van der Waals surface area contributed by atoms with E-state index in [2.05, 4.69) is 6.58 Å². The van der Waals surface area contributed by atoms with E-state index in [1.54, 1.807) is 0 Å². The molecule has 1 aliphatic heterocycles. The molecule has 3 N–H and O–H groups in total. The van der Waals surface area contributed by atoms with Crippen molar-refractivity contribution in [2.24, 2.45) is 0 Å². The van der Waals surface area contributed by atoms with Gasteiger partial charge >= 0.3 is 0 Å². The molecule has 0 aromatic carbocycles. The summed E-state index contributed by atoms with van der Waals surface area (Å²) in [5.41, 5.74) is 0. The van der Waals surface area contributed by atoms with Crippen LogP contribution in [0.4, 0.5) is 0 Å². The lowest BCUT2D eigenvalue weighted by Gasteiger charge is -2.36. The molecule has 1 saturated heterocycles. The summed E-state index contributed by atoms with van der Waals surface area (Å²) in [6.07, 6.45) is 19.7. The van der Waals surface area contributed by atoms with Crippen LogP contribution >= 0.6 is 0 Å². The van der Waals surface area contributed by atoms with Gasteiger partial charge in [0, 0.05) is 6.61 Å². The summed E-state index contributed by atoms with van der Waals surface area (Å²) >= 11 is 0. The molecule has 1 aliphatic rings. The maximum absolute atomic E-state index is 10.0. The Morgan fingerprint density at radius 3 is 1.67 bits per heavy atom. The number of ether oxygens (including phenoxy) is 2. The summed E-state index contributed by atoms with van der Waals surface area (Å²) in [5.74, 6) is 0. The van der Waals surface area contributed by atoms with Gasteiger partial charge in [0.25, 0.3) is 0 Å². The van der Waals surface area contributed by atoms with E-state index in [-0.39, 0.29) is 13.2 Å². The van der Waals surface area contributed by atoms with Gasteiger partial charge < -0.3 is 24.8 Å². The third-order valence-corrected chi connectivity index (χ3v) is 6.15. The van der Waals surface area contributed by atoms with E-state index in [0.29, 0.717) is 6.61 Å². The summed E-state index contributed by atoms with van der Waals surface area (Å²) in [6.45, 7) is 4.28. The largest absolute Gasteiger partial charge is 0.394 e. The number of aliphatic hydroxyl groups is 3. The number of aliphatic hydroxyl groups excluding tert-OH is 3. The van der Waals surface area contributed by atoms with Gasteiger partial charge in [-0.1, -0.05) is 89.5 Å². The van der Waals surface area contributed by atoms with E-state index in [1.807, 2.05) is 6.08 Å². The van der Waals surface area contributed by atoms with Crippen molar-refractivity contribution in [1.82, 2.24) is 0 Å². The van der Waals surface area contributed by atoms with Gasteiger partial charge in [-0.2, -0.15) is 0 Å². The average Bonchev–Trinajstić information content (AvgIpc) is 2.75. The molecule has 0 saturated carbocycles. The monoisotopic (exact) mass is 428 g/mol. The molecule has 0 bridgehead atoms. The minimum atomic E-state index is -1.08. The molecule has 30 heavy (non-hydrogen) atoms. The van der Waals surface area contributed by atoms with Crippen LogP contribution in [0.2, 0.25) is 0 Å². The smallest absolute Gasteiger partial charge is 0.111 e. The van der Waals surface area contributed by atoms with E-state index >= 15 is 0 Å². The highest BCUT2D eigenvalue weighted by atomic mass is 16.6. The van der Waals surface area contributed by atoms with Crippen LogP contribution in [0.15, 0.2) is 12.7 Å². The van der Waals surface area contributed by atoms with Gasteiger partial charge in [-0.25, -0.2) is 0 Å². The molecule has 1 fully saturated rings. The minimum Gasteiger partial charge on any atom is -0.394 e. The Balaban J connectivity index is 1.78. The fourth-order valence-corrected chi connectivity index (χ4v) is 4.09. The summed E-state index contributed by atoms with van der Waals surface area (Å²) in [7, 11) is 0. The molecule has 0 amide bonds. The van der Waals surface area contributed by atoms with Gasteiger partial charge in [0.05, 0.1) is 13.2 Å². The Morgan fingerprint density at radius 1 is 0.733 bits per heavy atom. The third-order valence-electron chi connectivity index (χ3n) is 6.15. The van der Waals surface area contributed by atoms with E-state index in [4.69, 9.17) is 14.6 Å². The van der Waals surface area contributed by atoms with Crippen LogP contribution in [0.3, 0.4) is 0 Å². The van der Waals surface area contributed by atoms with Crippen LogP contribution in [-0.4, -0.2) is 59.6 Å². The Hall–Kier alpha value is -0.460. The molecule has 4 atom stereocenters. The first-order valence-electron chi connectivity index (χ1n) is 12.5. The van der Waals surface area contributed by atoms with Crippen molar-refractivity contribution in [3.63, 3.8) is 0 Å². The summed E-state index contributed by atoms with van der Waals surface area (Å²) in [5, 5.41) is 28.9. The minimum absolute atomic E-state index is 0.221. The highest BCUT2D eigenvalue weighted by molar-refractivity contribution is 4.87. The number of hydrogen-bond donors (Lipinski definition) is 3. The van der Waals surface area contributed by atoms with Crippen molar-refractivity contribution in [2.45, 2.75) is 127 Å². The van der Waals surface area contributed by atoms with Gasteiger partial charge in [0.2, 0.25) is 0 Å². The van der Waals surface area contributed by atoms with Crippen LogP contribution in [0.1, 0.15) is 103 Å². The first kappa shape index (κ1) is 27.6. The van der Waals surface area contributed by atoms with Crippen LogP contribution < -0.4 is 0 Å². The normalized spacial score (nSPS) is 24.2. The van der Waals surface area contributed by atoms with Crippen molar-refractivity contribution in [2.75, 3.05) is 19.8 Å². The van der Waals surface area contributed by atoms with Crippen molar-refractivity contribution in [3.8, 4) is 0 Å². The quantitative estimate of drug-likeness (QED) is 0.190. The lowest BCUT2D eigenvalue weighted by Crippen LogP contribution is -2.55. The Kier molecular flexibility index (Phi) is 17.7. The van der Waals surface area contributed by atoms with Crippen LogP contribution in [0, 0.1) is 0 Å². The van der Waals surface area contributed by atoms with Gasteiger partial charge in [-0.05, 0) is 19.3 Å². The molecular formula is C25H48O5. The molecule has 1 heterocycles.